The number of carbonyl (C=O) groups is 1. The molecule has 0 spiro atoms. The molecule has 1 heterocycles. The van der Waals surface area contributed by atoms with Crippen LogP contribution in [-0.2, 0) is 5.41 Å². The highest BCUT2D eigenvalue weighted by Gasteiger charge is 2.23. The van der Waals surface area contributed by atoms with Crippen molar-refractivity contribution in [3.05, 3.63) is 35.0 Å². The fourth-order valence-corrected chi connectivity index (χ4v) is 3.54. The van der Waals surface area contributed by atoms with Crippen molar-refractivity contribution in [1.82, 2.24) is 4.98 Å². The van der Waals surface area contributed by atoms with Crippen LogP contribution in [0.25, 0.3) is 10.9 Å². The van der Waals surface area contributed by atoms with Gasteiger partial charge in [0.05, 0.1) is 0 Å². The Morgan fingerprint density at radius 2 is 1.86 bits per heavy atom. The van der Waals surface area contributed by atoms with Gasteiger partial charge in [-0.25, -0.2) is 0 Å². The summed E-state index contributed by atoms with van der Waals surface area (Å²) in [6.45, 7) is 6.64. The first kappa shape index (κ1) is 14.4. The average Bonchev–Trinajstić information content (AvgIpc) is 2.84. The van der Waals surface area contributed by atoms with Crippen LogP contribution in [0.4, 0.5) is 0 Å². The Labute approximate surface area is 126 Å². The predicted molar refractivity (Wildman–Crippen MR) is 88.2 cm³/mol. The van der Waals surface area contributed by atoms with Crippen LogP contribution in [0.3, 0.4) is 0 Å². The van der Waals surface area contributed by atoms with Crippen LogP contribution in [0.15, 0.2) is 18.2 Å². The molecule has 0 radical (unpaired) electrons. The summed E-state index contributed by atoms with van der Waals surface area (Å²) < 4.78 is 0. The Balaban J connectivity index is 2.12. The van der Waals surface area contributed by atoms with E-state index in [1.807, 2.05) is 0 Å². The monoisotopic (exact) mass is 283 g/mol. The van der Waals surface area contributed by atoms with Gasteiger partial charge < -0.3 is 4.98 Å². The summed E-state index contributed by atoms with van der Waals surface area (Å²) >= 11 is 0. The maximum Gasteiger partial charge on any atom is 0.152 e. The summed E-state index contributed by atoms with van der Waals surface area (Å²) in [5, 5.41) is 1.10. The molecule has 0 amide bonds. The number of aldehydes is 1. The van der Waals surface area contributed by atoms with Crippen LogP contribution < -0.4 is 0 Å². The molecule has 0 atom stereocenters. The number of aromatic nitrogens is 1. The molecule has 2 heteroatoms. The number of carbonyl (C=O) groups excluding carboxylic acids is 1. The third kappa shape index (κ3) is 2.64. The average molecular weight is 283 g/mol. The molecule has 1 saturated carbocycles. The van der Waals surface area contributed by atoms with E-state index >= 15 is 0 Å². The topological polar surface area (TPSA) is 32.9 Å². The van der Waals surface area contributed by atoms with Gasteiger partial charge in [-0.15, -0.1) is 0 Å². The maximum atomic E-state index is 11.7. The van der Waals surface area contributed by atoms with Gasteiger partial charge >= 0.3 is 0 Å². The zero-order chi connectivity index (χ0) is 15.0. The minimum Gasteiger partial charge on any atom is -0.358 e. The first-order valence-corrected chi connectivity index (χ1v) is 8.12. The van der Waals surface area contributed by atoms with Gasteiger partial charge in [0.15, 0.2) is 6.29 Å². The SMILES string of the molecule is CC(C)(C)c1ccc2[nH]c(C3CCCCC3)c(C=O)c2c1. The lowest BCUT2D eigenvalue weighted by molar-refractivity contribution is 0.112. The zero-order valence-electron chi connectivity index (χ0n) is 13.3. The minimum atomic E-state index is 0.108. The highest BCUT2D eigenvalue weighted by atomic mass is 16.1. The number of benzene rings is 1. The van der Waals surface area contributed by atoms with E-state index in [0.29, 0.717) is 5.92 Å². The van der Waals surface area contributed by atoms with Crippen LogP contribution in [0, 0.1) is 0 Å². The number of nitrogens with one attached hydrogen (secondary N) is 1. The maximum absolute atomic E-state index is 11.7. The summed E-state index contributed by atoms with van der Waals surface area (Å²) in [6.07, 6.45) is 7.37. The van der Waals surface area contributed by atoms with Crippen molar-refractivity contribution < 1.29 is 4.79 Å². The zero-order valence-corrected chi connectivity index (χ0v) is 13.3. The summed E-state index contributed by atoms with van der Waals surface area (Å²) in [5.41, 5.74) is 4.56. The molecule has 2 nitrogen and oxygen atoms in total. The van der Waals surface area contributed by atoms with Crippen molar-refractivity contribution in [2.75, 3.05) is 0 Å². The molecule has 0 aliphatic heterocycles. The molecule has 1 N–H and O–H groups in total. The van der Waals surface area contributed by atoms with Gasteiger partial charge in [-0.3, -0.25) is 4.79 Å². The Bertz CT molecular complexity index is 654. The fourth-order valence-electron chi connectivity index (χ4n) is 3.54. The molecule has 0 bridgehead atoms. The van der Waals surface area contributed by atoms with Crippen molar-refractivity contribution in [3.63, 3.8) is 0 Å². The second-order valence-corrected chi connectivity index (χ2v) is 7.42. The van der Waals surface area contributed by atoms with Gasteiger partial charge in [0.2, 0.25) is 0 Å². The number of rotatable bonds is 2. The highest BCUT2D eigenvalue weighted by molar-refractivity contribution is 5.99. The second kappa shape index (κ2) is 5.32. The molecular weight excluding hydrogens is 258 g/mol. The standard InChI is InChI=1S/C19H25NO/c1-19(2,3)14-9-10-17-15(11-14)16(12-21)18(20-17)13-7-5-4-6-8-13/h9-13,20H,4-8H2,1-3H3. The molecule has 0 saturated heterocycles. The van der Waals surface area contributed by atoms with Crippen LogP contribution >= 0.6 is 0 Å². The molecule has 3 rings (SSSR count). The summed E-state index contributed by atoms with van der Waals surface area (Å²) in [4.78, 5) is 15.2. The molecule has 2 aromatic rings. The van der Waals surface area contributed by atoms with E-state index in [2.05, 4.69) is 44.0 Å². The Morgan fingerprint density at radius 1 is 1.14 bits per heavy atom. The van der Waals surface area contributed by atoms with Crippen molar-refractivity contribution in [2.24, 2.45) is 0 Å². The van der Waals surface area contributed by atoms with E-state index in [0.717, 1.165) is 22.8 Å². The van der Waals surface area contributed by atoms with E-state index in [1.54, 1.807) is 0 Å². The first-order valence-electron chi connectivity index (χ1n) is 8.12. The van der Waals surface area contributed by atoms with Crippen LogP contribution in [0.2, 0.25) is 0 Å². The van der Waals surface area contributed by atoms with E-state index in [-0.39, 0.29) is 5.41 Å². The summed E-state index contributed by atoms with van der Waals surface area (Å²) in [5.74, 6) is 0.532. The van der Waals surface area contributed by atoms with Crippen molar-refractivity contribution in [3.8, 4) is 0 Å². The Morgan fingerprint density at radius 3 is 2.48 bits per heavy atom. The molecule has 1 aromatic heterocycles. The molecule has 1 fully saturated rings. The van der Waals surface area contributed by atoms with Crippen molar-refractivity contribution in [1.29, 1.82) is 0 Å². The normalized spacial score (nSPS) is 17.3. The second-order valence-electron chi connectivity index (χ2n) is 7.42. The molecule has 1 aliphatic rings. The number of hydrogen-bond donors (Lipinski definition) is 1. The lowest BCUT2D eigenvalue weighted by Gasteiger charge is -2.21. The predicted octanol–water partition coefficient (Wildman–Crippen LogP) is 5.33. The van der Waals surface area contributed by atoms with Gasteiger partial charge in [0.25, 0.3) is 0 Å². The van der Waals surface area contributed by atoms with Crippen LogP contribution in [0.1, 0.15) is 80.4 Å². The minimum absolute atomic E-state index is 0.108. The van der Waals surface area contributed by atoms with Gasteiger partial charge in [-0.2, -0.15) is 0 Å². The molecule has 1 aliphatic carbocycles. The number of aromatic amines is 1. The lowest BCUT2D eigenvalue weighted by Crippen LogP contribution is -2.10. The van der Waals surface area contributed by atoms with Gasteiger partial charge in [-0.1, -0.05) is 46.1 Å². The molecule has 0 unspecified atom stereocenters. The van der Waals surface area contributed by atoms with E-state index in [4.69, 9.17) is 0 Å². The smallest absolute Gasteiger partial charge is 0.152 e. The van der Waals surface area contributed by atoms with Gasteiger partial charge in [-0.05, 0) is 41.9 Å². The van der Waals surface area contributed by atoms with Crippen molar-refractivity contribution >= 4 is 17.2 Å². The number of fused-ring (bicyclic) bond motifs is 1. The fraction of sp³-hybridized carbons (Fsp3) is 0.526. The van der Waals surface area contributed by atoms with E-state index in [9.17, 15) is 4.79 Å². The Hall–Kier alpha value is -1.57. The quantitative estimate of drug-likeness (QED) is 0.743. The summed E-state index contributed by atoms with van der Waals surface area (Å²) in [7, 11) is 0. The first-order chi connectivity index (χ1) is 10.0. The molecule has 112 valence electrons. The third-order valence-electron chi connectivity index (χ3n) is 4.87. The highest BCUT2D eigenvalue weighted by Crippen LogP contribution is 2.37. The largest absolute Gasteiger partial charge is 0.358 e. The Kier molecular flexibility index (Phi) is 3.64. The van der Waals surface area contributed by atoms with E-state index < -0.39 is 0 Å². The number of H-pyrrole nitrogens is 1. The molecule has 21 heavy (non-hydrogen) atoms. The van der Waals surface area contributed by atoms with Crippen LogP contribution in [-0.4, -0.2) is 11.3 Å². The van der Waals surface area contributed by atoms with Gasteiger partial charge in [0, 0.05) is 22.2 Å². The summed E-state index contributed by atoms with van der Waals surface area (Å²) in [6, 6.07) is 6.51. The lowest BCUT2D eigenvalue weighted by atomic mass is 9.84. The molecule has 1 aromatic carbocycles. The molecular formula is C19H25NO. The van der Waals surface area contributed by atoms with Crippen molar-refractivity contribution in [2.45, 2.75) is 64.2 Å². The van der Waals surface area contributed by atoms with E-state index in [1.165, 1.54) is 43.4 Å². The third-order valence-corrected chi connectivity index (χ3v) is 4.87. The number of hydrogen-bond acceptors (Lipinski definition) is 1. The van der Waals surface area contributed by atoms with Crippen LogP contribution in [0.5, 0.6) is 0 Å². The van der Waals surface area contributed by atoms with Gasteiger partial charge in [0.1, 0.15) is 0 Å².